The van der Waals surface area contributed by atoms with Crippen LogP contribution in [0.25, 0.3) is 11.1 Å². The van der Waals surface area contributed by atoms with Crippen LogP contribution in [0.5, 0.6) is 5.75 Å². The molecule has 1 N–H and O–H groups in total. The van der Waals surface area contributed by atoms with Gasteiger partial charge in [0, 0.05) is 0 Å². The van der Waals surface area contributed by atoms with Crippen LogP contribution >= 0.6 is 0 Å². The van der Waals surface area contributed by atoms with Gasteiger partial charge in [0.25, 0.3) is 0 Å². The Labute approximate surface area is 64.4 Å². The number of hydrogen-bond acceptors (Lipinski definition) is 2. The molecule has 0 spiro atoms. The maximum atomic E-state index is 9.29. The van der Waals surface area contributed by atoms with E-state index >= 15 is 0 Å². The monoisotopic (exact) mass is 147 g/mol. The fraction of sp³-hybridized carbons (Fsp3) is 0. The van der Waals surface area contributed by atoms with Crippen LogP contribution in [-0.4, -0.2) is 5.11 Å². The molecule has 0 fully saturated rings. The molecule has 1 aliphatic heterocycles. The van der Waals surface area contributed by atoms with E-state index in [0.29, 0.717) is 0 Å². The molecule has 0 bridgehead atoms. The average Bonchev–Trinajstić information content (AvgIpc) is 2.30. The molecule has 0 amide bonds. The van der Waals surface area contributed by atoms with Gasteiger partial charge in [-0.05, 0) is 30.2 Å². The van der Waals surface area contributed by atoms with Crippen molar-refractivity contribution in [3.05, 3.63) is 37.1 Å². The molecule has 2 rings (SSSR count). The molecule has 0 atom stereocenters. The van der Waals surface area contributed by atoms with Crippen molar-refractivity contribution < 1.29 is 9.52 Å². The van der Waals surface area contributed by atoms with Crippen LogP contribution in [0.3, 0.4) is 0 Å². The first-order valence-corrected chi connectivity index (χ1v) is 3.29. The van der Waals surface area contributed by atoms with E-state index in [2.05, 4.69) is 6.92 Å². The lowest BCUT2D eigenvalue weighted by Crippen LogP contribution is -1.73. The second-order valence-electron chi connectivity index (χ2n) is 2.44. The summed E-state index contributed by atoms with van der Waals surface area (Å²) in [6, 6.07) is 3.41. The van der Waals surface area contributed by atoms with Gasteiger partial charge in [-0.1, -0.05) is 0 Å². The predicted octanol–water partition coefficient (Wildman–Crippen LogP) is 2.27. The molecule has 1 radical (unpaired) electrons. The van der Waals surface area contributed by atoms with Crippen LogP contribution < -0.4 is 0 Å². The zero-order chi connectivity index (χ0) is 7.84. The first-order chi connectivity index (χ1) is 5.29. The molecular formula is C9H7O2. The third kappa shape index (κ3) is 0.792. The van der Waals surface area contributed by atoms with Gasteiger partial charge in [0.15, 0.2) is 0 Å². The largest absolute Gasteiger partial charge is 0.507 e. The van der Waals surface area contributed by atoms with E-state index in [9.17, 15) is 5.11 Å². The highest BCUT2D eigenvalue weighted by Crippen LogP contribution is 2.36. The molecule has 0 saturated carbocycles. The van der Waals surface area contributed by atoms with Gasteiger partial charge in [-0.25, -0.2) is 0 Å². The van der Waals surface area contributed by atoms with Crippen LogP contribution in [0, 0.1) is 6.92 Å². The first kappa shape index (κ1) is 6.28. The van der Waals surface area contributed by atoms with Crippen molar-refractivity contribution in [3.63, 3.8) is 0 Å². The van der Waals surface area contributed by atoms with Crippen molar-refractivity contribution in [1.82, 2.24) is 0 Å². The third-order valence-electron chi connectivity index (χ3n) is 1.72. The standard InChI is InChI=1S/C9H7O2/c1-6-4-9(10)8-5-11-3-2-7(6)8/h2-5,10H,1H2. The van der Waals surface area contributed by atoms with Gasteiger partial charge >= 0.3 is 0 Å². The molecule has 1 aliphatic carbocycles. The van der Waals surface area contributed by atoms with Gasteiger partial charge < -0.3 is 9.52 Å². The van der Waals surface area contributed by atoms with E-state index < -0.39 is 0 Å². The quantitative estimate of drug-likeness (QED) is 0.620. The predicted molar refractivity (Wildman–Crippen MR) is 41.5 cm³/mol. The molecule has 2 nitrogen and oxygen atoms in total. The Morgan fingerprint density at radius 2 is 2.18 bits per heavy atom. The van der Waals surface area contributed by atoms with Gasteiger partial charge in [-0.3, -0.25) is 0 Å². The Balaban J connectivity index is 2.81. The highest BCUT2D eigenvalue weighted by Gasteiger charge is 2.11. The van der Waals surface area contributed by atoms with Gasteiger partial charge in [0.05, 0.1) is 11.8 Å². The fourth-order valence-electron chi connectivity index (χ4n) is 1.17. The van der Waals surface area contributed by atoms with Gasteiger partial charge in [0.2, 0.25) is 0 Å². The highest BCUT2D eigenvalue weighted by atomic mass is 16.3. The SMILES string of the molecule is [CH2]c1cc(O)c2coccc1-2. The van der Waals surface area contributed by atoms with Crippen molar-refractivity contribution in [1.29, 1.82) is 0 Å². The molecule has 55 valence electrons. The smallest absolute Gasteiger partial charge is 0.126 e. The van der Waals surface area contributed by atoms with Gasteiger partial charge in [0.1, 0.15) is 12.0 Å². The van der Waals surface area contributed by atoms with Crippen LogP contribution in [0.4, 0.5) is 0 Å². The van der Waals surface area contributed by atoms with Gasteiger partial charge in [-0.2, -0.15) is 0 Å². The molecule has 1 heterocycles. The van der Waals surface area contributed by atoms with Crippen LogP contribution in [0.1, 0.15) is 5.56 Å². The zero-order valence-corrected chi connectivity index (χ0v) is 5.87. The molecule has 11 heavy (non-hydrogen) atoms. The van der Waals surface area contributed by atoms with Crippen molar-refractivity contribution in [2.75, 3.05) is 0 Å². The van der Waals surface area contributed by atoms with Crippen molar-refractivity contribution in [2.24, 2.45) is 0 Å². The Hall–Kier alpha value is -1.44. The summed E-state index contributed by atoms with van der Waals surface area (Å²) < 4.78 is 4.90. The number of aromatic hydroxyl groups is 1. The molecule has 0 aromatic heterocycles. The van der Waals surface area contributed by atoms with E-state index in [0.717, 1.165) is 16.7 Å². The fourth-order valence-corrected chi connectivity index (χ4v) is 1.17. The molecule has 0 unspecified atom stereocenters. The topological polar surface area (TPSA) is 33.4 Å². The third-order valence-corrected chi connectivity index (χ3v) is 1.72. The second kappa shape index (κ2) is 2.02. The van der Waals surface area contributed by atoms with Gasteiger partial charge in [-0.15, -0.1) is 0 Å². The van der Waals surface area contributed by atoms with E-state index in [1.807, 2.05) is 0 Å². The lowest BCUT2D eigenvalue weighted by Gasteiger charge is -1.96. The second-order valence-corrected chi connectivity index (χ2v) is 2.44. The summed E-state index contributed by atoms with van der Waals surface area (Å²) in [5.74, 6) is 0.231. The summed E-state index contributed by atoms with van der Waals surface area (Å²) in [4.78, 5) is 0. The molecule has 0 saturated heterocycles. The molecule has 2 aliphatic rings. The van der Waals surface area contributed by atoms with Crippen molar-refractivity contribution >= 4 is 0 Å². The Morgan fingerprint density at radius 3 is 2.91 bits per heavy atom. The molecule has 0 aromatic rings. The van der Waals surface area contributed by atoms with E-state index in [4.69, 9.17) is 4.42 Å². The number of rotatable bonds is 0. The summed E-state index contributed by atoms with van der Waals surface area (Å²) in [5, 5.41) is 9.29. The normalized spacial score (nSPS) is 10.6. The summed E-state index contributed by atoms with van der Waals surface area (Å²) in [6.45, 7) is 3.77. The zero-order valence-electron chi connectivity index (χ0n) is 5.87. The highest BCUT2D eigenvalue weighted by molar-refractivity contribution is 5.77. The first-order valence-electron chi connectivity index (χ1n) is 3.29. The average molecular weight is 147 g/mol. The summed E-state index contributed by atoms with van der Waals surface area (Å²) in [5.41, 5.74) is 2.49. The van der Waals surface area contributed by atoms with Crippen molar-refractivity contribution in [3.8, 4) is 16.9 Å². The number of hydrogen-bond donors (Lipinski definition) is 1. The summed E-state index contributed by atoms with van der Waals surface area (Å²) in [7, 11) is 0. The molecule has 0 aromatic carbocycles. The number of fused-ring (bicyclic) bond motifs is 1. The molecule has 2 heteroatoms. The summed E-state index contributed by atoms with van der Waals surface area (Å²) in [6.07, 6.45) is 3.08. The van der Waals surface area contributed by atoms with Crippen LogP contribution in [0.2, 0.25) is 0 Å². The Kier molecular flexibility index (Phi) is 1.15. The Bertz CT molecular complexity index is 316. The van der Waals surface area contributed by atoms with E-state index in [1.165, 1.54) is 6.26 Å². The minimum atomic E-state index is 0.231. The van der Waals surface area contributed by atoms with E-state index in [-0.39, 0.29) is 5.75 Å². The summed E-state index contributed by atoms with van der Waals surface area (Å²) >= 11 is 0. The van der Waals surface area contributed by atoms with Crippen molar-refractivity contribution in [2.45, 2.75) is 0 Å². The minimum Gasteiger partial charge on any atom is -0.507 e. The molecular weight excluding hydrogens is 140 g/mol. The minimum absolute atomic E-state index is 0.231. The Morgan fingerprint density at radius 1 is 1.36 bits per heavy atom. The maximum Gasteiger partial charge on any atom is 0.126 e. The van der Waals surface area contributed by atoms with Crippen LogP contribution in [-0.2, 0) is 0 Å². The van der Waals surface area contributed by atoms with E-state index in [1.54, 1.807) is 18.4 Å². The maximum absolute atomic E-state index is 9.29. The van der Waals surface area contributed by atoms with Crippen LogP contribution in [0.15, 0.2) is 29.1 Å². The lowest BCUT2D eigenvalue weighted by atomic mass is 10.1. The lowest BCUT2D eigenvalue weighted by molar-refractivity contribution is 0.474.